The molecule has 3 N–H and O–H groups in total. The average Bonchev–Trinajstić information content (AvgIpc) is 2.59. The van der Waals surface area contributed by atoms with Crippen molar-refractivity contribution < 1.29 is 14.3 Å². The monoisotopic (exact) mass is 314 g/mol. The Labute approximate surface area is 136 Å². The maximum atomic E-state index is 12.3. The predicted molar refractivity (Wildman–Crippen MR) is 89.5 cm³/mol. The molecule has 0 aliphatic carbocycles. The minimum absolute atomic E-state index is 0.234. The van der Waals surface area contributed by atoms with E-state index in [0.29, 0.717) is 13.2 Å². The van der Waals surface area contributed by atoms with Gasteiger partial charge in [0.15, 0.2) is 0 Å². The van der Waals surface area contributed by atoms with Crippen LogP contribution in [0.25, 0.3) is 0 Å². The van der Waals surface area contributed by atoms with Crippen LogP contribution in [0.4, 0.5) is 0 Å². The first-order valence-corrected chi connectivity index (χ1v) is 7.43. The van der Waals surface area contributed by atoms with Gasteiger partial charge in [0.2, 0.25) is 5.91 Å². The second-order valence-electron chi connectivity index (χ2n) is 5.35. The first-order valence-electron chi connectivity index (χ1n) is 7.43. The van der Waals surface area contributed by atoms with Gasteiger partial charge in [-0.05, 0) is 36.8 Å². The number of nitrogens with one attached hydrogen (secondary N) is 1. The summed E-state index contributed by atoms with van der Waals surface area (Å²) < 4.78 is 10.6. The van der Waals surface area contributed by atoms with E-state index in [0.717, 1.165) is 17.1 Å². The molecule has 0 spiro atoms. The Balaban J connectivity index is 1.80. The van der Waals surface area contributed by atoms with Crippen LogP contribution in [0.3, 0.4) is 0 Å². The number of carbonyl (C=O) groups is 1. The van der Waals surface area contributed by atoms with Crippen LogP contribution in [0.5, 0.6) is 11.5 Å². The molecule has 0 aromatic heterocycles. The number of carbonyl (C=O) groups excluding carboxylic acids is 1. The van der Waals surface area contributed by atoms with E-state index in [1.165, 1.54) is 0 Å². The molecular weight excluding hydrogens is 292 g/mol. The Bertz CT molecular complexity index is 624. The average molecular weight is 314 g/mol. The molecule has 122 valence electrons. The summed E-state index contributed by atoms with van der Waals surface area (Å²) in [4.78, 5) is 12.3. The van der Waals surface area contributed by atoms with Crippen LogP contribution in [0.2, 0.25) is 0 Å². The highest BCUT2D eigenvalue weighted by molar-refractivity contribution is 5.86. The molecule has 5 nitrogen and oxygen atoms in total. The van der Waals surface area contributed by atoms with Gasteiger partial charge in [0.1, 0.15) is 23.6 Å². The van der Waals surface area contributed by atoms with Crippen molar-refractivity contribution in [2.45, 2.75) is 12.5 Å². The van der Waals surface area contributed by atoms with Gasteiger partial charge < -0.3 is 20.5 Å². The highest BCUT2D eigenvalue weighted by Crippen LogP contribution is 2.18. The molecular formula is C18H22N2O3. The summed E-state index contributed by atoms with van der Waals surface area (Å²) in [5, 5.41) is 2.80. The van der Waals surface area contributed by atoms with Crippen LogP contribution in [-0.2, 0) is 10.3 Å². The van der Waals surface area contributed by atoms with E-state index >= 15 is 0 Å². The number of ether oxygens (including phenoxy) is 2. The van der Waals surface area contributed by atoms with Crippen LogP contribution >= 0.6 is 0 Å². The Hall–Kier alpha value is -2.53. The lowest BCUT2D eigenvalue weighted by Gasteiger charge is -2.24. The van der Waals surface area contributed by atoms with Gasteiger partial charge in [0, 0.05) is 0 Å². The topological polar surface area (TPSA) is 73.6 Å². The molecule has 1 atom stereocenters. The van der Waals surface area contributed by atoms with E-state index in [1.807, 2.05) is 54.6 Å². The maximum absolute atomic E-state index is 12.3. The van der Waals surface area contributed by atoms with Gasteiger partial charge in [-0.3, -0.25) is 4.79 Å². The molecule has 0 fully saturated rings. The minimum atomic E-state index is -1.07. The lowest BCUT2D eigenvalue weighted by Crippen LogP contribution is -2.49. The summed E-state index contributed by atoms with van der Waals surface area (Å²) in [6.07, 6.45) is 0. The van der Waals surface area contributed by atoms with Crippen molar-refractivity contribution in [2.24, 2.45) is 5.73 Å². The molecule has 2 aromatic carbocycles. The lowest BCUT2D eigenvalue weighted by molar-refractivity contribution is -0.126. The van der Waals surface area contributed by atoms with E-state index in [4.69, 9.17) is 15.2 Å². The summed E-state index contributed by atoms with van der Waals surface area (Å²) in [5.41, 5.74) is 5.84. The van der Waals surface area contributed by atoms with Gasteiger partial charge in [-0.15, -0.1) is 0 Å². The number of nitrogens with two attached hydrogens (primary N) is 1. The molecule has 0 saturated heterocycles. The van der Waals surface area contributed by atoms with Crippen LogP contribution in [-0.4, -0.2) is 26.2 Å². The molecule has 2 aromatic rings. The van der Waals surface area contributed by atoms with Crippen molar-refractivity contribution in [2.75, 3.05) is 20.3 Å². The van der Waals surface area contributed by atoms with Gasteiger partial charge in [-0.1, -0.05) is 30.3 Å². The number of rotatable bonds is 7. The number of hydrogen-bond donors (Lipinski definition) is 2. The molecule has 23 heavy (non-hydrogen) atoms. The fraction of sp³-hybridized carbons (Fsp3) is 0.278. The Morgan fingerprint density at radius 2 is 1.70 bits per heavy atom. The molecule has 0 heterocycles. The third-order valence-electron chi connectivity index (χ3n) is 3.56. The molecule has 2 rings (SSSR count). The molecule has 1 unspecified atom stereocenters. The van der Waals surface area contributed by atoms with Gasteiger partial charge in [0.05, 0.1) is 13.7 Å². The first-order chi connectivity index (χ1) is 11.0. The zero-order chi connectivity index (χ0) is 16.7. The van der Waals surface area contributed by atoms with Crippen molar-refractivity contribution in [1.82, 2.24) is 5.32 Å². The van der Waals surface area contributed by atoms with Crippen molar-refractivity contribution in [3.63, 3.8) is 0 Å². The van der Waals surface area contributed by atoms with Gasteiger partial charge in [0.25, 0.3) is 0 Å². The lowest BCUT2D eigenvalue weighted by atomic mass is 9.92. The Kier molecular flexibility index (Phi) is 5.60. The first kappa shape index (κ1) is 16.8. The largest absolute Gasteiger partial charge is 0.497 e. The third-order valence-corrected chi connectivity index (χ3v) is 3.56. The Morgan fingerprint density at radius 3 is 2.30 bits per heavy atom. The van der Waals surface area contributed by atoms with Crippen molar-refractivity contribution >= 4 is 5.91 Å². The summed E-state index contributed by atoms with van der Waals surface area (Å²) in [6.45, 7) is 2.44. The quantitative estimate of drug-likeness (QED) is 0.767. The van der Waals surface area contributed by atoms with Crippen molar-refractivity contribution in [3.05, 3.63) is 60.2 Å². The number of hydrogen-bond acceptors (Lipinski definition) is 4. The number of benzene rings is 2. The molecule has 0 bridgehead atoms. The second kappa shape index (κ2) is 7.65. The SMILES string of the molecule is COc1ccc(OCCNC(=O)C(C)(N)c2ccccc2)cc1. The minimum Gasteiger partial charge on any atom is -0.497 e. The van der Waals surface area contributed by atoms with Crippen molar-refractivity contribution in [3.8, 4) is 11.5 Å². The van der Waals surface area contributed by atoms with Crippen LogP contribution in [0, 0.1) is 0 Å². The van der Waals surface area contributed by atoms with Crippen molar-refractivity contribution in [1.29, 1.82) is 0 Å². The normalized spacial score (nSPS) is 13.0. The fourth-order valence-electron chi connectivity index (χ4n) is 2.10. The van der Waals surface area contributed by atoms with Crippen LogP contribution in [0.15, 0.2) is 54.6 Å². The van der Waals surface area contributed by atoms with E-state index in [2.05, 4.69) is 5.32 Å². The highest BCUT2D eigenvalue weighted by Gasteiger charge is 2.29. The summed E-state index contributed by atoms with van der Waals surface area (Å²) in [5.74, 6) is 1.26. The summed E-state index contributed by atoms with van der Waals surface area (Å²) in [7, 11) is 1.61. The number of amides is 1. The smallest absolute Gasteiger partial charge is 0.244 e. The van der Waals surface area contributed by atoms with E-state index in [1.54, 1.807) is 14.0 Å². The highest BCUT2D eigenvalue weighted by atomic mass is 16.5. The zero-order valence-electron chi connectivity index (χ0n) is 13.4. The predicted octanol–water partition coefficient (Wildman–Crippen LogP) is 2.06. The molecule has 0 aliphatic rings. The maximum Gasteiger partial charge on any atom is 0.244 e. The third kappa shape index (κ3) is 4.47. The summed E-state index contributed by atoms with van der Waals surface area (Å²) >= 11 is 0. The van der Waals surface area contributed by atoms with E-state index in [-0.39, 0.29) is 5.91 Å². The standard InChI is InChI=1S/C18H22N2O3/c1-18(19,14-6-4-3-5-7-14)17(21)20-12-13-23-16-10-8-15(22-2)9-11-16/h3-11H,12-13,19H2,1-2H3,(H,20,21). The summed E-state index contributed by atoms with van der Waals surface area (Å²) in [6, 6.07) is 16.6. The second-order valence-corrected chi connectivity index (χ2v) is 5.35. The molecule has 0 radical (unpaired) electrons. The van der Waals surface area contributed by atoms with Gasteiger partial charge in [-0.25, -0.2) is 0 Å². The molecule has 0 saturated carbocycles. The Morgan fingerprint density at radius 1 is 1.09 bits per heavy atom. The zero-order valence-corrected chi connectivity index (χ0v) is 13.4. The van der Waals surface area contributed by atoms with Crippen LogP contribution < -0.4 is 20.5 Å². The number of methoxy groups -OCH3 is 1. The fourth-order valence-corrected chi connectivity index (χ4v) is 2.10. The molecule has 0 aliphatic heterocycles. The van der Waals surface area contributed by atoms with Crippen LogP contribution in [0.1, 0.15) is 12.5 Å². The van der Waals surface area contributed by atoms with E-state index in [9.17, 15) is 4.79 Å². The van der Waals surface area contributed by atoms with Gasteiger partial charge >= 0.3 is 0 Å². The molecule has 5 heteroatoms. The van der Waals surface area contributed by atoms with E-state index < -0.39 is 5.54 Å². The van der Waals surface area contributed by atoms with Gasteiger partial charge in [-0.2, -0.15) is 0 Å². The molecule has 1 amide bonds.